The van der Waals surface area contributed by atoms with E-state index in [2.05, 4.69) is 26.0 Å². The highest BCUT2D eigenvalue weighted by atomic mass is 79.9. The van der Waals surface area contributed by atoms with E-state index >= 15 is 4.39 Å². The van der Waals surface area contributed by atoms with Crippen molar-refractivity contribution in [2.24, 2.45) is 0 Å². The number of amides is 1. The Balaban J connectivity index is 2.06. The van der Waals surface area contributed by atoms with Crippen molar-refractivity contribution in [3.8, 4) is 5.75 Å². The van der Waals surface area contributed by atoms with Crippen LogP contribution in [0.3, 0.4) is 0 Å². The number of hydrogen-bond acceptors (Lipinski definition) is 2. The Labute approximate surface area is 270 Å². The zero-order chi connectivity index (χ0) is 35.8. The molecule has 0 spiro atoms. The van der Waals surface area contributed by atoms with E-state index in [1.165, 1.54) is 24.3 Å². The second kappa shape index (κ2) is 13.3. The van der Waals surface area contributed by atoms with Gasteiger partial charge in [0, 0.05) is 22.5 Å². The first-order valence-electron chi connectivity index (χ1n) is 13.1. The van der Waals surface area contributed by atoms with E-state index in [4.69, 9.17) is 0 Å². The number of ether oxygens (including phenoxy) is 1. The first kappa shape index (κ1) is 36.6. The summed E-state index contributed by atoms with van der Waals surface area (Å²) in [6.07, 6.45) is -21.1. The molecular formula is C31H17BrF13NO2. The summed E-state index contributed by atoms with van der Waals surface area (Å²) in [5.74, 6) is -7.95. The smallest absolute Gasteiger partial charge is 0.428 e. The summed E-state index contributed by atoms with van der Waals surface area (Å²) in [5, 5.41) is 2.19. The molecule has 0 unspecified atom stereocenters. The van der Waals surface area contributed by atoms with Gasteiger partial charge in [0.05, 0.1) is 16.7 Å². The zero-order valence-electron chi connectivity index (χ0n) is 23.4. The third kappa shape index (κ3) is 8.05. The van der Waals surface area contributed by atoms with Crippen molar-refractivity contribution < 1.29 is 66.6 Å². The topological polar surface area (TPSA) is 38.3 Å². The zero-order valence-corrected chi connectivity index (χ0v) is 25.0. The number of carbonyl (C=O) groups excluding carboxylic acids is 1. The Morgan fingerprint density at radius 1 is 0.708 bits per heavy atom. The van der Waals surface area contributed by atoms with Crippen molar-refractivity contribution >= 4 is 21.8 Å². The van der Waals surface area contributed by atoms with Gasteiger partial charge in [-0.15, -0.1) is 0 Å². The van der Waals surface area contributed by atoms with Crippen LogP contribution in [-0.2, 0) is 24.3 Å². The van der Waals surface area contributed by atoms with Crippen molar-refractivity contribution in [3.05, 3.63) is 134 Å². The second-order valence-corrected chi connectivity index (χ2v) is 11.1. The predicted molar refractivity (Wildman–Crippen MR) is 147 cm³/mol. The first-order valence-corrected chi connectivity index (χ1v) is 13.9. The van der Waals surface area contributed by atoms with Gasteiger partial charge in [0.15, 0.2) is 0 Å². The largest absolute Gasteiger partial charge is 0.461 e. The molecule has 1 N–H and O–H groups in total. The number of benzene rings is 4. The molecule has 4 aromatic carbocycles. The number of nitrogens with one attached hydrogen (secondary N) is 1. The SMILES string of the molecule is O=C(N[C@@](Cc1ccc(Br)cc1)(c1cc(F)cc(OC(F)(F)C(F)F)c1)c1ccc(F)c(C(F)(F)F)c1)c1ccc(F)c(C(F)(F)F)c1. The molecule has 4 rings (SSSR count). The van der Waals surface area contributed by atoms with Gasteiger partial charge in [0.1, 0.15) is 23.2 Å². The van der Waals surface area contributed by atoms with Crippen LogP contribution in [0.15, 0.2) is 83.3 Å². The van der Waals surface area contributed by atoms with E-state index in [9.17, 15) is 57.5 Å². The molecule has 1 amide bonds. The molecule has 0 aliphatic heterocycles. The van der Waals surface area contributed by atoms with Crippen LogP contribution in [0.25, 0.3) is 0 Å². The Bertz CT molecular complexity index is 1810. The minimum absolute atomic E-state index is 0.0736. The van der Waals surface area contributed by atoms with Crippen LogP contribution < -0.4 is 10.1 Å². The van der Waals surface area contributed by atoms with Crippen LogP contribution in [0.5, 0.6) is 5.75 Å². The Kier molecular flexibility index (Phi) is 10.1. The van der Waals surface area contributed by atoms with Crippen molar-refractivity contribution in [1.29, 1.82) is 0 Å². The van der Waals surface area contributed by atoms with Crippen molar-refractivity contribution in [2.75, 3.05) is 0 Å². The van der Waals surface area contributed by atoms with Gasteiger partial charge >= 0.3 is 24.9 Å². The highest BCUT2D eigenvalue weighted by Gasteiger charge is 2.45. The van der Waals surface area contributed by atoms with Crippen molar-refractivity contribution in [3.63, 3.8) is 0 Å². The monoisotopic (exact) mass is 761 g/mol. The molecular weight excluding hydrogens is 745 g/mol. The van der Waals surface area contributed by atoms with Gasteiger partial charge in [-0.05, 0) is 71.3 Å². The first-order chi connectivity index (χ1) is 22.1. The highest BCUT2D eigenvalue weighted by molar-refractivity contribution is 9.10. The second-order valence-electron chi connectivity index (χ2n) is 10.2. The summed E-state index contributed by atoms with van der Waals surface area (Å²) in [5.41, 5.74) is -8.75. The summed E-state index contributed by atoms with van der Waals surface area (Å²) in [6.45, 7) is 0. The fourth-order valence-electron chi connectivity index (χ4n) is 4.70. The van der Waals surface area contributed by atoms with E-state index in [0.717, 1.165) is 0 Å². The van der Waals surface area contributed by atoms with E-state index in [1.54, 1.807) is 0 Å². The van der Waals surface area contributed by atoms with Crippen molar-refractivity contribution in [1.82, 2.24) is 5.32 Å². The van der Waals surface area contributed by atoms with Crippen LogP contribution in [-0.4, -0.2) is 18.4 Å². The molecule has 0 saturated carbocycles. The summed E-state index contributed by atoms with van der Waals surface area (Å²) in [7, 11) is 0. The number of carbonyl (C=O) groups is 1. The molecule has 0 bridgehead atoms. The fourth-order valence-corrected chi connectivity index (χ4v) is 4.96. The minimum Gasteiger partial charge on any atom is -0.428 e. The van der Waals surface area contributed by atoms with Gasteiger partial charge in [0.2, 0.25) is 0 Å². The summed E-state index contributed by atoms with van der Waals surface area (Å²) >= 11 is 3.15. The molecule has 17 heteroatoms. The number of hydrogen-bond donors (Lipinski definition) is 1. The molecule has 0 aliphatic rings. The lowest BCUT2D eigenvalue weighted by molar-refractivity contribution is -0.253. The summed E-state index contributed by atoms with van der Waals surface area (Å²) in [6, 6.07) is 8.78. The molecule has 0 radical (unpaired) electrons. The lowest BCUT2D eigenvalue weighted by Gasteiger charge is -2.37. The van der Waals surface area contributed by atoms with E-state index in [0.29, 0.717) is 34.8 Å². The van der Waals surface area contributed by atoms with Gasteiger partial charge in [-0.1, -0.05) is 34.1 Å². The molecule has 48 heavy (non-hydrogen) atoms. The summed E-state index contributed by atoms with van der Waals surface area (Å²) < 4.78 is 184. The van der Waals surface area contributed by atoms with Crippen LogP contribution in [0.4, 0.5) is 57.1 Å². The van der Waals surface area contributed by atoms with E-state index < -0.39 is 93.8 Å². The number of alkyl halides is 10. The van der Waals surface area contributed by atoms with Gasteiger partial charge in [-0.2, -0.15) is 43.9 Å². The standard InChI is InChI=1S/C31H17BrF13NO2/c32-19-5-1-15(2-6-19)14-28(17-4-8-25(35)23(12-17)30(41,42)43,18-10-20(33)13-21(11-18)48-31(44,45)27(36)37)46-26(47)16-3-7-24(34)22(9-16)29(38,39)40/h1-13,27H,14H2,(H,46,47)/t28-/m1/s1. The average molecular weight is 762 g/mol. The maximum absolute atomic E-state index is 15.0. The van der Waals surface area contributed by atoms with Crippen LogP contribution >= 0.6 is 15.9 Å². The number of rotatable bonds is 9. The Hall–Kier alpha value is -4.28. The normalized spacial score (nSPS) is 13.7. The van der Waals surface area contributed by atoms with Gasteiger partial charge in [-0.25, -0.2) is 13.2 Å². The fraction of sp³-hybridized carbons (Fsp3) is 0.194. The lowest BCUT2D eigenvalue weighted by Crippen LogP contribution is -2.49. The maximum atomic E-state index is 15.0. The van der Waals surface area contributed by atoms with Crippen LogP contribution in [0.1, 0.15) is 38.2 Å². The summed E-state index contributed by atoms with van der Waals surface area (Å²) in [4.78, 5) is 13.6. The molecule has 1 atom stereocenters. The third-order valence-electron chi connectivity index (χ3n) is 6.88. The molecule has 256 valence electrons. The molecule has 0 heterocycles. The Morgan fingerprint density at radius 2 is 1.27 bits per heavy atom. The minimum atomic E-state index is -5.39. The van der Waals surface area contributed by atoms with Gasteiger partial charge in [0.25, 0.3) is 5.91 Å². The number of halogens is 14. The van der Waals surface area contributed by atoms with Crippen LogP contribution in [0, 0.1) is 17.5 Å². The van der Waals surface area contributed by atoms with E-state index in [1.807, 2.05) is 0 Å². The quantitative estimate of drug-likeness (QED) is 0.173. The molecule has 0 saturated heterocycles. The molecule has 4 aromatic rings. The average Bonchev–Trinajstić information content (AvgIpc) is 2.96. The predicted octanol–water partition coefficient (Wildman–Crippen LogP) is 10.1. The third-order valence-corrected chi connectivity index (χ3v) is 7.41. The molecule has 0 aliphatic carbocycles. The molecule has 0 aromatic heterocycles. The van der Waals surface area contributed by atoms with Crippen molar-refractivity contribution in [2.45, 2.75) is 36.8 Å². The van der Waals surface area contributed by atoms with Gasteiger partial charge in [-0.3, -0.25) is 4.79 Å². The lowest BCUT2D eigenvalue weighted by atomic mass is 9.77. The van der Waals surface area contributed by atoms with E-state index in [-0.39, 0.29) is 29.8 Å². The maximum Gasteiger partial charge on any atom is 0.461 e. The molecule has 0 fully saturated rings. The Morgan fingerprint density at radius 3 is 1.83 bits per heavy atom. The van der Waals surface area contributed by atoms with Gasteiger partial charge < -0.3 is 10.1 Å². The highest BCUT2D eigenvalue weighted by Crippen LogP contribution is 2.41. The molecule has 3 nitrogen and oxygen atoms in total. The van der Waals surface area contributed by atoms with Crippen LogP contribution in [0.2, 0.25) is 0 Å².